The molecule has 0 atom stereocenters. The largest absolute Gasteiger partial charge is 0.313 e. The summed E-state index contributed by atoms with van der Waals surface area (Å²) >= 11 is 0. The summed E-state index contributed by atoms with van der Waals surface area (Å²) in [5, 5.41) is 19.1. The van der Waals surface area contributed by atoms with Crippen LogP contribution in [0.25, 0.3) is 5.82 Å². The van der Waals surface area contributed by atoms with Gasteiger partial charge >= 0.3 is 0 Å². The molecule has 0 spiro atoms. The summed E-state index contributed by atoms with van der Waals surface area (Å²) in [6.45, 7) is 0. The van der Waals surface area contributed by atoms with E-state index >= 15 is 0 Å². The zero-order valence-corrected chi connectivity index (χ0v) is 15.8. The maximum atomic E-state index is 14.1. The van der Waals surface area contributed by atoms with Gasteiger partial charge in [-0.3, -0.25) is 0 Å². The highest BCUT2D eigenvalue weighted by atomic mass is 31.2. The zero-order valence-electron chi connectivity index (χ0n) is 14.9. The molecule has 2 aromatic heterocycles. The summed E-state index contributed by atoms with van der Waals surface area (Å²) in [7, 11) is -2.94. The van der Waals surface area contributed by atoms with Crippen molar-refractivity contribution in [1.82, 2.24) is 20.0 Å². The van der Waals surface area contributed by atoms with E-state index < -0.39 is 7.14 Å². The number of benzene rings is 2. The van der Waals surface area contributed by atoms with Crippen molar-refractivity contribution in [3.8, 4) is 11.9 Å². The molecule has 2 heterocycles. The van der Waals surface area contributed by atoms with Crippen molar-refractivity contribution >= 4 is 17.8 Å². The molecule has 4 aromatic rings. The summed E-state index contributed by atoms with van der Waals surface area (Å²) in [6.07, 6.45) is 3.51. The van der Waals surface area contributed by atoms with Crippen LogP contribution in [-0.4, -0.2) is 20.0 Å². The van der Waals surface area contributed by atoms with Gasteiger partial charge in [0, 0.05) is 16.8 Å². The van der Waals surface area contributed by atoms with E-state index in [1.807, 2.05) is 60.7 Å². The maximum absolute atomic E-state index is 14.1. The van der Waals surface area contributed by atoms with E-state index in [-0.39, 0.29) is 6.16 Å². The Kier molecular flexibility index (Phi) is 4.84. The highest BCUT2D eigenvalue weighted by Crippen LogP contribution is 2.46. The number of rotatable bonds is 5. The van der Waals surface area contributed by atoms with Crippen LogP contribution in [0.4, 0.5) is 0 Å². The molecule has 7 heteroatoms. The second-order valence-corrected chi connectivity index (χ2v) is 9.04. The Morgan fingerprint density at radius 3 is 2.18 bits per heavy atom. The van der Waals surface area contributed by atoms with Gasteiger partial charge in [0.1, 0.15) is 13.2 Å². The lowest BCUT2D eigenvalue weighted by Crippen LogP contribution is -2.17. The van der Waals surface area contributed by atoms with Crippen LogP contribution in [0.15, 0.2) is 85.2 Å². The van der Waals surface area contributed by atoms with Gasteiger partial charge < -0.3 is 4.57 Å². The fourth-order valence-electron chi connectivity index (χ4n) is 3.04. The smallest absolute Gasteiger partial charge is 0.173 e. The van der Waals surface area contributed by atoms with Gasteiger partial charge in [0.15, 0.2) is 5.82 Å². The summed E-state index contributed by atoms with van der Waals surface area (Å²) in [5.41, 5.74) is 0.971. The highest BCUT2D eigenvalue weighted by molar-refractivity contribution is 7.78. The molecule has 0 aliphatic carbocycles. The van der Waals surface area contributed by atoms with Gasteiger partial charge in [0.05, 0.1) is 23.6 Å². The summed E-state index contributed by atoms with van der Waals surface area (Å²) in [6, 6.07) is 24.3. The van der Waals surface area contributed by atoms with E-state index in [1.54, 1.807) is 24.5 Å². The van der Waals surface area contributed by atoms with Crippen molar-refractivity contribution in [2.75, 3.05) is 0 Å². The average molecular weight is 385 g/mol. The molecule has 28 heavy (non-hydrogen) atoms. The summed E-state index contributed by atoms with van der Waals surface area (Å²) in [4.78, 5) is 4.21. The number of hydrogen-bond acceptors (Lipinski definition) is 5. The first-order valence-electron chi connectivity index (χ1n) is 8.68. The van der Waals surface area contributed by atoms with Gasteiger partial charge in [0.25, 0.3) is 0 Å². The minimum Gasteiger partial charge on any atom is -0.313 e. The van der Waals surface area contributed by atoms with Crippen molar-refractivity contribution < 1.29 is 4.57 Å². The Balaban J connectivity index is 1.75. The minimum absolute atomic E-state index is 0.232. The Labute approximate surface area is 162 Å². The molecule has 0 unspecified atom stereocenters. The molecule has 2 aromatic carbocycles. The second kappa shape index (κ2) is 7.59. The summed E-state index contributed by atoms with van der Waals surface area (Å²) in [5.74, 6) is 0.401. The lowest BCUT2D eigenvalue weighted by molar-refractivity contribution is 0.586. The van der Waals surface area contributed by atoms with Crippen molar-refractivity contribution in [1.29, 1.82) is 5.26 Å². The predicted molar refractivity (Wildman–Crippen MR) is 107 cm³/mol. The molecular weight excluding hydrogens is 369 g/mol. The quantitative estimate of drug-likeness (QED) is 0.493. The molecule has 4 rings (SSSR count). The van der Waals surface area contributed by atoms with E-state index in [2.05, 4.69) is 21.4 Å². The molecule has 0 saturated heterocycles. The number of aromatic nitrogens is 4. The first kappa shape index (κ1) is 17.8. The van der Waals surface area contributed by atoms with Crippen molar-refractivity contribution in [3.63, 3.8) is 0 Å². The normalized spacial score (nSPS) is 11.1. The SMILES string of the molecule is N#Cc1cccnc1-n1cc(CP(=O)(c2ccccc2)c2ccccc2)nn1. The van der Waals surface area contributed by atoms with Crippen LogP contribution >= 0.6 is 7.14 Å². The molecule has 0 radical (unpaired) electrons. The highest BCUT2D eigenvalue weighted by Gasteiger charge is 2.29. The Bertz CT molecular complexity index is 1140. The van der Waals surface area contributed by atoms with Crippen LogP contribution in [0.5, 0.6) is 0 Å². The van der Waals surface area contributed by atoms with Crippen LogP contribution in [0, 0.1) is 11.3 Å². The van der Waals surface area contributed by atoms with Crippen LogP contribution < -0.4 is 10.6 Å². The molecule has 0 amide bonds. The summed E-state index contributed by atoms with van der Waals surface area (Å²) < 4.78 is 15.6. The zero-order chi connectivity index (χ0) is 19.4. The molecule has 0 aliphatic heterocycles. The van der Waals surface area contributed by atoms with Gasteiger partial charge in [-0.25, -0.2) is 9.67 Å². The molecular formula is C21H16N5OP. The van der Waals surface area contributed by atoms with Crippen LogP contribution in [-0.2, 0) is 10.7 Å². The average Bonchev–Trinajstić information content (AvgIpc) is 3.23. The number of nitrogens with zero attached hydrogens (tertiary/aromatic N) is 5. The molecule has 0 N–H and O–H groups in total. The first-order valence-corrected chi connectivity index (χ1v) is 10.6. The predicted octanol–water partition coefficient (Wildman–Crippen LogP) is 3.05. The Hall–Kier alpha value is -3.55. The van der Waals surface area contributed by atoms with E-state index in [0.29, 0.717) is 17.1 Å². The Morgan fingerprint density at radius 2 is 1.57 bits per heavy atom. The van der Waals surface area contributed by atoms with E-state index in [4.69, 9.17) is 0 Å². The fraction of sp³-hybridized carbons (Fsp3) is 0.0476. The van der Waals surface area contributed by atoms with E-state index in [1.165, 1.54) is 4.68 Å². The third-order valence-electron chi connectivity index (χ3n) is 4.40. The standard InChI is InChI=1S/C21H16N5OP/c22-14-17-8-7-13-23-21(17)26-15-18(24-25-26)16-28(27,19-9-3-1-4-10-19)20-11-5-2-6-12-20/h1-13,15H,16H2. The van der Waals surface area contributed by atoms with Crippen LogP contribution in [0.1, 0.15) is 11.3 Å². The van der Waals surface area contributed by atoms with Crippen molar-refractivity contribution in [2.24, 2.45) is 0 Å². The Morgan fingerprint density at radius 1 is 0.929 bits per heavy atom. The molecule has 0 bridgehead atoms. The van der Waals surface area contributed by atoms with Gasteiger partial charge in [-0.15, -0.1) is 5.10 Å². The van der Waals surface area contributed by atoms with Gasteiger partial charge in [-0.05, 0) is 12.1 Å². The van der Waals surface area contributed by atoms with Crippen LogP contribution in [0.3, 0.4) is 0 Å². The van der Waals surface area contributed by atoms with Gasteiger partial charge in [0.2, 0.25) is 0 Å². The van der Waals surface area contributed by atoms with Crippen molar-refractivity contribution in [2.45, 2.75) is 6.16 Å². The van der Waals surface area contributed by atoms with Gasteiger partial charge in [-0.1, -0.05) is 65.9 Å². The monoisotopic (exact) mass is 385 g/mol. The van der Waals surface area contributed by atoms with Crippen molar-refractivity contribution in [3.05, 3.63) is 96.4 Å². The lowest BCUT2D eigenvalue weighted by Gasteiger charge is -2.18. The molecule has 0 fully saturated rings. The van der Waals surface area contributed by atoms with Crippen LogP contribution in [0.2, 0.25) is 0 Å². The van der Waals surface area contributed by atoms with Gasteiger partial charge in [-0.2, -0.15) is 5.26 Å². The fourth-order valence-corrected chi connectivity index (χ4v) is 5.61. The number of hydrogen-bond donors (Lipinski definition) is 0. The third kappa shape index (κ3) is 3.36. The molecule has 0 saturated carbocycles. The number of pyridine rings is 1. The third-order valence-corrected chi connectivity index (χ3v) is 7.43. The number of nitriles is 1. The molecule has 0 aliphatic rings. The lowest BCUT2D eigenvalue weighted by atomic mass is 10.3. The first-order chi connectivity index (χ1) is 13.7. The second-order valence-electron chi connectivity index (χ2n) is 6.21. The molecule has 6 nitrogen and oxygen atoms in total. The van der Waals surface area contributed by atoms with E-state index in [9.17, 15) is 9.83 Å². The minimum atomic E-state index is -2.94. The molecule has 136 valence electrons. The maximum Gasteiger partial charge on any atom is 0.173 e. The van der Waals surface area contributed by atoms with E-state index in [0.717, 1.165) is 10.6 Å². The topological polar surface area (TPSA) is 84.5 Å².